The summed E-state index contributed by atoms with van der Waals surface area (Å²) in [7, 11) is -3.85. The number of aryl methyl sites for hydroxylation is 1. The largest absolute Gasteiger partial charge is 0.351 e. The lowest BCUT2D eigenvalue weighted by Crippen LogP contribution is -2.36. The van der Waals surface area contributed by atoms with Gasteiger partial charge in [0.2, 0.25) is 15.9 Å². The molecule has 0 saturated carbocycles. The third-order valence-electron chi connectivity index (χ3n) is 3.57. The van der Waals surface area contributed by atoms with Gasteiger partial charge in [0, 0.05) is 6.54 Å². The number of amides is 1. The van der Waals surface area contributed by atoms with E-state index in [0.717, 1.165) is 22.9 Å². The minimum absolute atomic E-state index is 0.0186. The van der Waals surface area contributed by atoms with Crippen LogP contribution in [0.15, 0.2) is 47.4 Å². The second kappa shape index (κ2) is 7.26. The Morgan fingerprint density at radius 2 is 1.88 bits per heavy atom. The molecule has 0 aliphatic carbocycles. The zero-order valence-corrected chi connectivity index (χ0v) is 15.0. The maximum atomic E-state index is 12.4. The fourth-order valence-electron chi connectivity index (χ4n) is 2.21. The van der Waals surface area contributed by atoms with Crippen LogP contribution in [0.5, 0.6) is 0 Å². The Labute approximate surface area is 149 Å². The summed E-state index contributed by atoms with van der Waals surface area (Å²) in [6.07, 6.45) is 0. The maximum absolute atomic E-state index is 12.4. The van der Waals surface area contributed by atoms with Crippen LogP contribution in [-0.2, 0) is 21.4 Å². The van der Waals surface area contributed by atoms with Gasteiger partial charge in [0.1, 0.15) is 15.9 Å². The number of benzene rings is 2. The molecule has 0 aliphatic heterocycles. The van der Waals surface area contributed by atoms with Gasteiger partial charge in [-0.05, 0) is 24.6 Å². The van der Waals surface area contributed by atoms with E-state index in [1.807, 2.05) is 31.2 Å². The summed E-state index contributed by atoms with van der Waals surface area (Å²) < 4.78 is 35.1. The zero-order chi connectivity index (χ0) is 17.9. The van der Waals surface area contributed by atoms with Crippen LogP contribution >= 0.6 is 11.7 Å². The summed E-state index contributed by atoms with van der Waals surface area (Å²) in [5.41, 5.74) is 2.89. The molecule has 0 bridgehead atoms. The lowest BCUT2D eigenvalue weighted by Gasteiger charge is -2.08. The number of nitrogens with one attached hydrogen (secondary N) is 2. The Hall–Kier alpha value is -2.36. The van der Waals surface area contributed by atoms with Crippen LogP contribution < -0.4 is 10.0 Å². The number of aromatic nitrogens is 2. The maximum Gasteiger partial charge on any atom is 0.243 e. The van der Waals surface area contributed by atoms with Crippen molar-refractivity contribution in [2.24, 2.45) is 0 Å². The van der Waals surface area contributed by atoms with Gasteiger partial charge < -0.3 is 5.32 Å². The number of fused-ring (bicyclic) bond motifs is 1. The molecule has 0 atom stereocenters. The highest BCUT2D eigenvalue weighted by atomic mass is 32.2. The summed E-state index contributed by atoms with van der Waals surface area (Å²) in [5, 5.41) is 2.68. The van der Waals surface area contributed by atoms with Gasteiger partial charge in [-0.3, -0.25) is 4.79 Å². The molecule has 130 valence electrons. The third-order valence-corrected chi connectivity index (χ3v) is 5.55. The van der Waals surface area contributed by atoms with Crippen molar-refractivity contribution >= 4 is 38.7 Å². The first-order chi connectivity index (χ1) is 12.0. The van der Waals surface area contributed by atoms with Crippen molar-refractivity contribution < 1.29 is 13.2 Å². The van der Waals surface area contributed by atoms with Crippen LogP contribution in [-0.4, -0.2) is 29.6 Å². The molecule has 1 aromatic heterocycles. The third kappa shape index (κ3) is 4.19. The first-order valence-corrected chi connectivity index (χ1v) is 9.70. The van der Waals surface area contributed by atoms with E-state index in [1.54, 1.807) is 12.1 Å². The van der Waals surface area contributed by atoms with Crippen LogP contribution in [0.4, 0.5) is 0 Å². The van der Waals surface area contributed by atoms with Crippen LogP contribution in [0.2, 0.25) is 0 Å². The van der Waals surface area contributed by atoms with E-state index < -0.39 is 15.9 Å². The second-order valence-corrected chi connectivity index (χ2v) is 7.74. The highest BCUT2D eigenvalue weighted by molar-refractivity contribution is 7.89. The van der Waals surface area contributed by atoms with E-state index in [-0.39, 0.29) is 11.4 Å². The Morgan fingerprint density at radius 1 is 1.12 bits per heavy atom. The minimum atomic E-state index is -3.85. The molecule has 3 rings (SSSR count). The molecule has 0 fully saturated rings. The molecular formula is C16H16N4O3S2. The van der Waals surface area contributed by atoms with E-state index in [0.29, 0.717) is 17.6 Å². The van der Waals surface area contributed by atoms with Gasteiger partial charge in [0.05, 0.1) is 18.3 Å². The molecule has 0 saturated heterocycles. The first-order valence-electron chi connectivity index (χ1n) is 7.49. The molecule has 25 heavy (non-hydrogen) atoms. The summed E-state index contributed by atoms with van der Waals surface area (Å²) in [5.74, 6) is -0.410. The first kappa shape index (κ1) is 17.5. The Morgan fingerprint density at radius 3 is 2.64 bits per heavy atom. The van der Waals surface area contributed by atoms with Crippen molar-refractivity contribution in [3.63, 3.8) is 0 Å². The van der Waals surface area contributed by atoms with Gasteiger partial charge >= 0.3 is 0 Å². The van der Waals surface area contributed by atoms with Gasteiger partial charge in [-0.2, -0.15) is 8.75 Å². The van der Waals surface area contributed by atoms with E-state index in [1.165, 1.54) is 6.07 Å². The Bertz CT molecular complexity index is 998. The number of rotatable bonds is 6. The van der Waals surface area contributed by atoms with Crippen LogP contribution in [0.25, 0.3) is 11.0 Å². The van der Waals surface area contributed by atoms with Crippen molar-refractivity contribution in [2.45, 2.75) is 18.4 Å². The fraction of sp³-hybridized carbons (Fsp3) is 0.188. The Kier molecular flexibility index (Phi) is 5.07. The van der Waals surface area contributed by atoms with Gasteiger partial charge in [0.15, 0.2) is 0 Å². The quantitative estimate of drug-likeness (QED) is 0.680. The number of carbonyl (C=O) groups excluding carboxylic acids is 1. The monoisotopic (exact) mass is 376 g/mol. The summed E-state index contributed by atoms with van der Waals surface area (Å²) >= 11 is 0.943. The number of hydrogen-bond acceptors (Lipinski definition) is 6. The summed E-state index contributed by atoms with van der Waals surface area (Å²) in [4.78, 5) is 11.9. The Balaban J connectivity index is 1.61. The van der Waals surface area contributed by atoms with Gasteiger partial charge in [-0.1, -0.05) is 35.9 Å². The highest BCUT2D eigenvalue weighted by Crippen LogP contribution is 2.20. The summed E-state index contributed by atoms with van der Waals surface area (Å²) in [6, 6.07) is 12.4. The van der Waals surface area contributed by atoms with Crippen molar-refractivity contribution in [1.29, 1.82) is 0 Å². The molecule has 2 aromatic carbocycles. The second-order valence-electron chi connectivity index (χ2n) is 5.47. The number of hydrogen-bond donors (Lipinski definition) is 2. The van der Waals surface area contributed by atoms with Crippen LogP contribution in [0.1, 0.15) is 11.1 Å². The predicted molar refractivity (Wildman–Crippen MR) is 95.6 cm³/mol. The summed E-state index contributed by atoms with van der Waals surface area (Å²) in [6.45, 7) is 1.98. The molecule has 1 heterocycles. The van der Waals surface area contributed by atoms with Crippen molar-refractivity contribution in [2.75, 3.05) is 6.54 Å². The standard InChI is InChI=1S/C16H16N4O3S2/c1-11-5-7-12(8-6-11)9-17-15(21)10-18-25(22,23)14-4-2-3-13-16(14)20-24-19-13/h2-8,18H,9-10H2,1H3,(H,17,21). The molecule has 0 radical (unpaired) electrons. The molecule has 0 spiro atoms. The van der Waals surface area contributed by atoms with E-state index in [2.05, 4.69) is 18.8 Å². The fourth-order valence-corrected chi connectivity index (χ4v) is 3.95. The minimum Gasteiger partial charge on any atom is -0.351 e. The lowest BCUT2D eigenvalue weighted by atomic mass is 10.1. The van der Waals surface area contributed by atoms with Crippen molar-refractivity contribution in [3.8, 4) is 0 Å². The van der Waals surface area contributed by atoms with Gasteiger partial charge in [-0.15, -0.1) is 0 Å². The number of nitrogens with zero attached hydrogens (tertiary/aromatic N) is 2. The highest BCUT2D eigenvalue weighted by Gasteiger charge is 2.20. The normalized spacial score (nSPS) is 11.6. The van der Waals surface area contributed by atoms with Crippen molar-refractivity contribution in [1.82, 2.24) is 18.8 Å². The lowest BCUT2D eigenvalue weighted by molar-refractivity contribution is -0.120. The molecule has 7 nitrogen and oxygen atoms in total. The van der Waals surface area contributed by atoms with Gasteiger partial charge in [0.25, 0.3) is 0 Å². The average molecular weight is 376 g/mol. The van der Waals surface area contributed by atoms with Crippen molar-refractivity contribution in [3.05, 3.63) is 53.6 Å². The SMILES string of the molecule is Cc1ccc(CNC(=O)CNS(=O)(=O)c2cccc3nsnc23)cc1. The molecule has 9 heteroatoms. The number of sulfonamides is 1. The van der Waals surface area contributed by atoms with E-state index in [4.69, 9.17) is 0 Å². The molecule has 3 aromatic rings. The van der Waals surface area contributed by atoms with Crippen LogP contribution in [0.3, 0.4) is 0 Å². The van der Waals surface area contributed by atoms with Gasteiger partial charge in [-0.25, -0.2) is 13.1 Å². The average Bonchev–Trinajstić information content (AvgIpc) is 3.08. The molecule has 0 unspecified atom stereocenters. The smallest absolute Gasteiger partial charge is 0.243 e. The molecule has 0 aliphatic rings. The predicted octanol–water partition coefficient (Wildman–Crippen LogP) is 1.59. The number of carbonyl (C=O) groups is 1. The van der Waals surface area contributed by atoms with Crippen LogP contribution in [0, 0.1) is 6.92 Å². The van der Waals surface area contributed by atoms with E-state index in [9.17, 15) is 13.2 Å². The molecular weight excluding hydrogens is 360 g/mol. The zero-order valence-electron chi connectivity index (χ0n) is 13.4. The molecule has 2 N–H and O–H groups in total. The molecule has 1 amide bonds. The van der Waals surface area contributed by atoms with E-state index >= 15 is 0 Å². The topological polar surface area (TPSA) is 101 Å².